The molecule has 0 unspecified atom stereocenters. The van der Waals surface area contributed by atoms with Gasteiger partial charge in [-0.05, 0) is 101 Å². The molecular weight excluding hydrogens is 500 g/mol. The van der Waals surface area contributed by atoms with Gasteiger partial charge in [0.05, 0.1) is 24.3 Å². The molecule has 0 atom stereocenters. The molecule has 0 aliphatic heterocycles. The van der Waals surface area contributed by atoms with E-state index in [0.29, 0.717) is 0 Å². The Labute approximate surface area is 226 Å². The van der Waals surface area contributed by atoms with E-state index in [1.165, 1.54) is 22.5 Å². The van der Waals surface area contributed by atoms with E-state index < -0.39 is 0 Å². The monoisotopic (exact) mass is 534 g/mol. The smallest absolute Gasteiger partial charge is 0.374 e. The molecule has 0 amide bonds. The molecule has 4 aromatic rings. The maximum atomic E-state index is 4.41. The van der Waals surface area contributed by atoms with Crippen molar-refractivity contribution in [2.24, 2.45) is 34.6 Å². The van der Waals surface area contributed by atoms with Crippen LogP contribution in [0.25, 0.3) is 0 Å². The fourth-order valence-corrected chi connectivity index (χ4v) is 5.45. The molecule has 0 bridgehead atoms. The minimum atomic E-state index is 0.866. The first kappa shape index (κ1) is 26.6. The number of nitrogens with zero attached hydrogens (tertiary/aromatic N) is 8. The average molecular weight is 535 g/mol. The van der Waals surface area contributed by atoms with E-state index >= 15 is 0 Å². The summed E-state index contributed by atoms with van der Waals surface area (Å²) < 4.78 is 3.93. The molecule has 37 heavy (non-hydrogen) atoms. The van der Waals surface area contributed by atoms with Gasteiger partial charge >= 0.3 is 10.3 Å². The van der Waals surface area contributed by atoms with E-state index in [-0.39, 0.29) is 0 Å². The van der Waals surface area contributed by atoms with Crippen molar-refractivity contribution in [2.45, 2.75) is 20.3 Å². The zero-order chi connectivity index (χ0) is 26.4. The van der Waals surface area contributed by atoms with Crippen LogP contribution in [0.4, 0.5) is 33.0 Å². The Morgan fingerprint density at radius 1 is 0.676 bits per heavy atom. The normalized spacial score (nSPS) is 11.6. The highest BCUT2D eigenvalue weighted by atomic mass is 32.1. The summed E-state index contributed by atoms with van der Waals surface area (Å²) >= 11 is 3.15. The zero-order valence-corrected chi connectivity index (χ0v) is 23.9. The Hall–Kier alpha value is -3.50. The summed E-state index contributed by atoms with van der Waals surface area (Å²) in [5.41, 5.74) is 6.55. The first-order valence-corrected chi connectivity index (χ1v) is 13.9. The van der Waals surface area contributed by atoms with Crippen LogP contribution in [0, 0.1) is 13.8 Å². The Morgan fingerprint density at radius 2 is 1.11 bits per heavy atom. The van der Waals surface area contributed by atoms with Gasteiger partial charge in [0.2, 0.25) is 0 Å². The first-order chi connectivity index (χ1) is 17.8. The summed E-state index contributed by atoms with van der Waals surface area (Å²) in [6.45, 7) is 6.17. The van der Waals surface area contributed by atoms with Gasteiger partial charge < -0.3 is 9.80 Å². The lowest BCUT2D eigenvalue weighted by Gasteiger charge is -2.25. The molecule has 4 rings (SSSR count). The van der Waals surface area contributed by atoms with Gasteiger partial charge in [0.15, 0.2) is 0 Å². The number of anilines is 2. The second-order valence-corrected chi connectivity index (χ2v) is 10.9. The van der Waals surface area contributed by atoms with Crippen molar-refractivity contribution in [2.75, 3.05) is 37.0 Å². The number of benzene rings is 2. The van der Waals surface area contributed by atoms with Crippen LogP contribution in [0.15, 0.2) is 80.0 Å². The van der Waals surface area contributed by atoms with Gasteiger partial charge in [-0.1, -0.05) is 0 Å². The van der Waals surface area contributed by atoms with Gasteiger partial charge in [0.25, 0.3) is 0 Å². The fourth-order valence-electron chi connectivity index (χ4n) is 4.09. The summed E-state index contributed by atoms with van der Waals surface area (Å²) in [7, 11) is 8.24. The van der Waals surface area contributed by atoms with E-state index in [1.807, 2.05) is 58.5 Å². The Kier molecular flexibility index (Phi) is 8.73. The van der Waals surface area contributed by atoms with Crippen molar-refractivity contribution >= 4 is 55.7 Å². The first-order valence-electron chi connectivity index (χ1n) is 12.1. The molecule has 10 heteroatoms. The van der Waals surface area contributed by atoms with Crippen LogP contribution in [0.5, 0.6) is 0 Å². The molecule has 0 spiro atoms. The third kappa shape index (κ3) is 6.84. The molecule has 2 heterocycles. The van der Waals surface area contributed by atoms with E-state index in [1.54, 1.807) is 22.7 Å². The average Bonchev–Trinajstić information content (AvgIpc) is 3.48. The van der Waals surface area contributed by atoms with Gasteiger partial charge in [0, 0.05) is 49.3 Å². The van der Waals surface area contributed by atoms with Crippen LogP contribution in [-0.4, -0.2) is 27.2 Å². The predicted molar refractivity (Wildman–Crippen MR) is 153 cm³/mol. The molecule has 192 valence electrons. The summed E-state index contributed by atoms with van der Waals surface area (Å²) in [4.78, 5) is 4.62. The largest absolute Gasteiger partial charge is 0.408 e. The number of rotatable bonds is 10. The summed E-state index contributed by atoms with van der Waals surface area (Å²) in [6, 6.07) is 12.5. The molecule has 0 saturated carbocycles. The van der Waals surface area contributed by atoms with E-state index in [9.17, 15) is 0 Å². The third-order valence-corrected chi connectivity index (χ3v) is 7.87. The fraction of sp³-hybridized carbons (Fsp3) is 0.333. The van der Waals surface area contributed by atoms with Gasteiger partial charge in [-0.3, -0.25) is 0 Å². The van der Waals surface area contributed by atoms with Crippen molar-refractivity contribution in [1.82, 2.24) is 0 Å². The second kappa shape index (κ2) is 12.2. The van der Waals surface area contributed by atoms with Crippen LogP contribution in [-0.2, 0) is 14.1 Å². The number of aryl methyl sites for hydroxylation is 4. The SMILES string of the molecule is Cc1cc(N=Nc2scc[n+]2C)ccc1N(C)CCCN(C)c1ccc(N=Nc2scc[n+]2C)cc1C. The van der Waals surface area contributed by atoms with E-state index in [4.69, 9.17) is 0 Å². The molecule has 0 aliphatic rings. The third-order valence-electron chi connectivity index (χ3n) is 6.19. The lowest BCUT2D eigenvalue weighted by Crippen LogP contribution is -2.26. The summed E-state index contributed by atoms with van der Waals surface area (Å²) in [5.74, 6) is 0. The van der Waals surface area contributed by atoms with Gasteiger partial charge in [-0.15, -0.1) is 0 Å². The molecule has 0 radical (unpaired) electrons. The van der Waals surface area contributed by atoms with Crippen molar-refractivity contribution in [3.63, 3.8) is 0 Å². The van der Waals surface area contributed by atoms with Gasteiger partial charge in [-0.25, -0.2) is 9.13 Å². The Bertz CT molecular complexity index is 1300. The van der Waals surface area contributed by atoms with Crippen LogP contribution >= 0.6 is 22.7 Å². The van der Waals surface area contributed by atoms with Crippen molar-refractivity contribution in [3.05, 3.63) is 70.7 Å². The highest BCUT2D eigenvalue weighted by Crippen LogP contribution is 2.28. The summed E-state index contributed by atoms with van der Waals surface area (Å²) in [6.07, 6.45) is 5.00. The van der Waals surface area contributed by atoms with Crippen molar-refractivity contribution in [3.8, 4) is 0 Å². The standard InChI is InChI=1S/C27H34N8S2/c1-20-18-22(28-30-26-34(5)14-16-36-26)8-10-24(20)32(3)12-7-13-33(4)25-11-9-23(19-21(25)2)29-31-27-35(6)15-17-37-27/h8-11,14-19H,7,12-13H2,1-6H3/q+2. The van der Waals surface area contributed by atoms with Crippen molar-refractivity contribution in [1.29, 1.82) is 0 Å². The summed E-state index contributed by atoms with van der Waals surface area (Å²) in [5, 5.41) is 23.3. The maximum Gasteiger partial charge on any atom is 0.408 e. The number of azo groups is 2. The number of hydrogen-bond donors (Lipinski definition) is 0. The highest BCUT2D eigenvalue weighted by molar-refractivity contribution is 7.13. The van der Waals surface area contributed by atoms with Crippen LogP contribution in [0.3, 0.4) is 0 Å². The Balaban J connectivity index is 1.30. The molecule has 0 saturated heterocycles. The van der Waals surface area contributed by atoms with Crippen molar-refractivity contribution < 1.29 is 9.13 Å². The van der Waals surface area contributed by atoms with E-state index in [2.05, 4.69) is 82.5 Å². The zero-order valence-electron chi connectivity index (χ0n) is 22.3. The van der Waals surface area contributed by atoms with Crippen LogP contribution < -0.4 is 18.9 Å². The molecule has 2 aromatic heterocycles. The highest BCUT2D eigenvalue weighted by Gasteiger charge is 2.12. The molecule has 0 N–H and O–H groups in total. The topological polar surface area (TPSA) is 63.7 Å². The predicted octanol–water partition coefficient (Wildman–Crippen LogP) is 6.87. The lowest BCUT2D eigenvalue weighted by molar-refractivity contribution is -0.654. The van der Waals surface area contributed by atoms with Crippen LogP contribution in [0.2, 0.25) is 0 Å². The van der Waals surface area contributed by atoms with Crippen LogP contribution in [0.1, 0.15) is 17.5 Å². The molecule has 8 nitrogen and oxygen atoms in total. The molecular formula is C27H34N8S2+2. The Morgan fingerprint density at radius 3 is 1.46 bits per heavy atom. The van der Waals surface area contributed by atoms with E-state index in [0.717, 1.165) is 41.1 Å². The molecule has 0 fully saturated rings. The number of hydrogen-bond acceptors (Lipinski definition) is 8. The second-order valence-electron chi connectivity index (χ2n) is 9.13. The maximum absolute atomic E-state index is 4.41. The number of thiazole rings is 2. The molecule has 0 aliphatic carbocycles. The number of aromatic nitrogens is 2. The quantitative estimate of drug-likeness (QED) is 0.165. The molecule has 2 aromatic carbocycles. The minimum Gasteiger partial charge on any atom is -0.374 e. The lowest BCUT2D eigenvalue weighted by atomic mass is 10.1. The minimum absolute atomic E-state index is 0.866. The van der Waals surface area contributed by atoms with Gasteiger partial charge in [-0.2, -0.15) is 0 Å². The van der Waals surface area contributed by atoms with Gasteiger partial charge in [0.1, 0.15) is 23.8 Å².